The van der Waals surface area contributed by atoms with Crippen LogP contribution in [0.4, 0.5) is 0 Å². The van der Waals surface area contributed by atoms with Crippen molar-refractivity contribution in [2.24, 2.45) is 5.11 Å². The molecule has 0 radical (unpaired) electrons. The van der Waals surface area contributed by atoms with Gasteiger partial charge in [-0.3, -0.25) is 4.98 Å². The summed E-state index contributed by atoms with van der Waals surface area (Å²) in [4.78, 5) is 6.76. The lowest BCUT2D eigenvalue weighted by molar-refractivity contribution is 0.0105. The minimum Gasteiger partial charge on any atom is -0.489 e. The average Bonchev–Trinajstić information content (AvgIpc) is 2.53. The summed E-state index contributed by atoms with van der Waals surface area (Å²) in [5.74, 6) is 0.778. The summed E-state index contributed by atoms with van der Waals surface area (Å²) in [6.07, 6.45) is 1.73. The normalized spacial score (nSPS) is 10.2. The number of hydrogen-bond donors (Lipinski definition) is 0. The lowest BCUT2D eigenvalue weighted by Crippen LogP contribution is -2.13. The Morgan fingerprint density at radius 2 is 1.68 bits per heavy atom. The van der Waals surface area contributed by atoms with Crippen LogP contribution in [-0.2, 0) is 14.2 Å². The third-order valence-corrected chi connectivity index (χ3v) is 2.59. The maximum atomic E-state index is 8.06. The summed E-state index contributed by atoms with van der Waals surface area (Å²) in [5.41, 5.74) is 8.93. The summed E-state index contributed by atoms with van der Waals surface area (Å²) in [7, 11) is 0. The van der Waals surface area contributed by atoms with Crippen LogP contribution in [0.5, 0.6) is 5.75 Å². The van der Waals surface area contributed by atoms with Crippen molar-refractivity contribution in [3.8, 4) is 5.75 Å². The molecule has 22 heavy (non-hydrogen) atoms. The van der Waals surface area contributed by atoms with Crippen molar-refractivity contribution in [2.75, 3.05) is 52.8 Å². The molecule has 1 aromatic rings. The molecular formula is C14H22N4O4. The van der Waals surface area contributed by atoms with E-state index in [4.69, 9.17) is 24.5 Å². The van der Waals surface area contributed by atoms with Crippen molar-refractivity contribution in [2.45, 2.75) is 6.92 Å². The van der Waals surface area contributed by atoms with Gasteiger partial charge in [-0.25, -0.2) is 0 Å². The lowest BCUT2D eigenvalue weighted by Gasteiger charge is -2.09. The Hall–Kier alpha value is -1.86. The number of pyridine rings is 1. The molecule has 0 unspecified atom stereocenters. The van der Waals surface area contributed by atoms with Crippen LogP contribution in [0, 0.1) is 6.92 Å². The van der Waals surface area contributed by atoms with E-state index in [1.807, 2.05) is 19.1 Å². The maximum absolute atomic E-state index is 8.06. The molecule has 0 fully saturated rings. The highest BCUT2D eigenvalue weighted by Gasteiger charge is 1.98. The van der Waals surface area contributed by atoms with Crippen LogP contribution in [0.25, 0.3) is 10.4 Å². The van der Waals surface area contributed by atoms with Crippen LogP contribution < -0.4 is 4.74 Å². The molecule has 0 aliphatic carbocycles. The summed E-state index contributed by atoms with van der Waals surface area (Å²) < 4.78 is 21.4. The van der Waals surface area contributed by atoms with Gasteiger partial charge in [0.1, 0.15) is 12.4 Å². The van der Waals surface area contributed by atoms with Gasteiger partial charge in [-0.2, -0.15) is 0 Å². The van der Waals surface area contributed by atoms with Crippen molar-refractivity contribution in [3.05, 3.63) is 34.5 Å². The highest BCUT2D eigenvalue weighted by molar-refractivity contribution is 5.25. The highest BCUT2D eigenvalue weighted by atomic mass is 16.6. The first-order valence-corrected chi connectivity index (χ1v) is 7.13. The van der Waals surface area contributed by atoms with Crippen LogP contribution in [0.3, 0.4) is 0 Å². The van der Waals surface area contributed by atoms with Crippen molar-refractivity contribution >= 4 is 0 Å². The Balaban J connectivity index is 1.84. The smallest absolute Gasteiger partial charge is 0.140 e. The fourth-order valence-electron chi connectivity index (χ4n) is 1.52. The van der Waals surface area contributed by atoms with Crippen molar-refractivity contribution < 1.29 is 18.9 Å². The number of rotatable bonds is 13. The summed E-state index contributed by atoms with van der Waals surface area (Å²) in [6.45, 7) is 5.62. The Labute approximate surface area is 130 Å². The van der Waals surface area contributed by atoms with Crippen LogP contribution in [-0.4, -0.2) is 57.8 Å². The van der Waals surface area contributed by atoms with E-state index in [0.717, 1.165) is 11.4 Å². The molecule has 1 heterocycles. The van der Waals surface area contributed by atoms with Crippen molar-refractivity contribution in [3.63, 3.8) is 0 Å². The summed E-state index contributed by atoms with van der Waals surface area (Å²) in [5, 5.41) is 3.35. The zero-order valence-electron chi connectivity index (χ0n) is 12.8. The highest BCUT2D eigenvalue weighted by Crippen LogP contribution is 2.12. The number of ether oxygens (including phenoxy) is 4. The number of aromatic nitrogens is 1. The fourth-order valence-corrected chi connectivity index (χ4v) is 1.52. The fraction of sp³-hybridized carbons (Fsp3) is 0.643. The largest absolute Gasteiger partial charge is 0.489 e. The molecule has 0 atom stereocenters. The van der Waals surface area contributed by atoms with E-state index in [1.165, 1.54) is 0 Å². The number of aryl methyl sites for hydroxylation is 1. The number of hydrogen-bond acceptors (Lipinski definition) is 6. The van der Waals surface area contributed by atoms with E-state index in [2.05, 4.69) is 15.0 Å². The van der Waals surface area contributed by atoms with E-state index in [-0.39, 0.29) is 0 Å². The third-order valence-electron chi connectivity index (χ3n) is 2.59. The Morgan fingerprint density at radius 1 is 1.05 bits per heavy atom. The minimum atomic E-state index is 0.343. The molecule has 0 aromatic carbocycles. The zero-order valence-corrected chi connectivity index (χ0v) is 12.8. The molecule has 122 valence electrons. The van der Waals surface area contributed by atoms with Gasteiger partial charge in [0, 0.05) is 17.7 Å². The van der Waals surface area contributed by atoms with Gasteiger partial charge >= 0.3 is 0 Å². The quantitative estimate of drug-likeness (QED) is 0.240. The second kappa shape index (κ2) is 12.8. The van der Waals surface area contributed by atoms with Gasteiger partial charge in [-0.15, -0.1) is 0 Å². The molecule has 0 aliphatic heterocycles. The molecular weight excluding hydrogens is 288 g/mol. The summed E-state index contributed by atoms with van der Waals surface area (Å²) >= 11 is 0. The standard InChI is InChI=1S/C14H22N4O4/c1-13-14(3-2-4-16-13)22-12-11-21-10-9-20-8-7-19-6-5-17-18-15/h2-4H,5-12H2,1H3. The predicted molar refractivity (Wildman–Crippen MR) is 80.9 cm³/mol. The first-order chi connectivity index (χ1) is 10.8. The third kappa shape index (κ3) is 9.15. The van der Waals surface area contributed by atoms with E-state index in [0.29, 0.717) is 52.8 Å². The zero-order chi connectivity index (χ0) is 15.9. The van der Waals surface area contributed by atoms with Gasteiger partial charge in [0.2, 0.25) is 0 Å². The van der Waals surface area contributed by atoms with Crippen LogP contribution in [0.15, 0.2) is 23.4 Å². The molecule has 0 N–H and O–H groups in total. The molecule has 1 aromatic heterocycles. The van der Waals surface area contributed by atoms with E-state index >= 15 is 0 Å². The van der Waals surface area contributed by atoms with E-state index < -0.39 is 0 Å². The Bertz CT molecular complexity index is 452. The molecule has 8 nitrogen and oxygen atoms in total. The first-order valence-electron chi connectivity index (χ1n) is 7.13. The molecule has 0 saturated heterocycles. The second-order valence-electron chi connectivity index (χ2n) is 4.23. The van der Waals surface area contributed by atoms with Gasteiger partial charge in [0.25, 0.3) is 0 Å². The van der Waals surface area contributed by atoms with E-state index in [1.54, 1.807) is 6.20 Å². The van der Waals surface area contributed by atoms with Gasteiger partial charge in [0.05, 0.1) is 45.3 Å². The van der Waals surface area contributed by atoms with Crippen LogP contribution >= 0.6 is 0 Å². The van der Waals surface area contributed by atoms with Crippen molar-refractivity contribution in [1.82, 2.24) is 4.98 Å². The molecule has 0 saturated carbocycles. The maximum Gasteiger partial charge on any atom is 0.140 e. The topological polar surface area (TPSA) is 98.6 Å². The SMILES string of the molecule is Cc1ncccc1OCCOCCOCCOCCN=[N+]=[N-]. The first kappa shape index (κ1) is 18.2. The van der Waals surface area contributed by atoms with Gasteiger partial charge in [0.15, 0.2) is 0 Å². The average molecular weight is 310 g/mol. The molecule has 1 rings (SSSR count). The van der Waals surface area contributed by atoms with Crippen molar-refractivity contribution in [1.29, 1.82) is 0 Å². The van der Waals surface area contributed by atoms with E-state index in [9.17, 15) is 0 Å². The molecule has 0 amide bonds. The minimum absolute atomic E-state index is 0.343. The van der Waals surface area contributed by atoms with Gasteiger partial charge in [-0.05, 0) is 24.6 Å². The number of azide groups is 1. The molecule has 0 spiro atoms. The second-order valence-corrected chi connectivity index (χ2v) is 4.23. The molecule has 0 bridgehead atoms. The number of nitrogens with zero attached hydrogens (tertiary/aromatic N) is 4. The van der Waals surface area contributed by atoms with Gasteiger partial charge in [-0.1, -0.05) is 5.11 Å². The Morgan fingerprint density at radius 3 is 2.32 bits per heavy atom. The monoisotopic (exact) mass is 310 g/mol. The summed E-state index contributed by atoms with van der Waals surface area (Å²) in [6, 6.07) is 3.72. The molecule has 0 aliphatic rings. The molecule has 8 heteroatoms. The van der Waals surface area contributed by atoms with Crippen LogP contribution in [0.1, 0.15) is 5.69 Å². The van der Waals surface area contributed by atoms with Gasteiger partial charge < -0.3 is 18.9 Å². The predicted octanol–water partition coefficient (Wildman–Crippen LogP) is 2.13. The Kier molecular flexibility index (Phi) is 10.6. The van der Waals surface area contributed by atoms with Crippen LogP contribution in [0.2, 0.25) is 0 Å². The lowest BCUT2D eigenvalue weighted by atomic mass is 10.3.